The van der Waals surface area contributed by atoms with Crippen molar-refractivity contribution in [1.82, 2.24) is 9.55 Å². The van der Waals surface area contributed by atoms with Crippen molar-refractivity contribution >= 4 is 32.9 Å². The van der Waals surface area contributed by atoms with Crippen LogP contribution in [-0.2, 0) is 5.41 Å². The van der Waals surface area contributed by atoms with Crippen LogP contribution in [0.15, 0.2) is 186 Å². The number of benzene rings is 8. The zero-order valence-electron chi connectivity index (χ0n) is 28.6. The summed E-state index contributed by atoms with van der Waals surface area (Å²) >= 11 is 0. The number of rotatable bonds is 3. The van der Waals surface area contributed by atoms with Crippen LogP contribution in [0.3, 0.4) is 0 Å². The highest BCUT2D eigenvalue weighted by molar-refractivity contribution is 6.10. The first-order valence-corrected chi connectivity index (χ1v) is 18.2. The van der Waals surface area contributed by atoms with Crippen LogP contribution in [0.2, 0.25) is 0 Å². The monoisotopic (exact) mass is 674 g/mol. The zero-order valence-corrected chi connectivity index (χ0v) is 28.6. The molecule has 0 bridgehead atoms. The third kappa shape index (κ3) is 3.80. The molecular formula is C50H30N2O. The second-order valence-corrected chi connectivity index (χ2v) is 14.3. The zero-order chi connectivity index (χ0) is 34.7. The highest BCUT2D eigenvalue weighted by Crippen LogP contribution is 2.63. The Hall–Kier alpha value is -6.97. The summed E-state index contributed by atoms with van der Waals surface area (Å²) in [6.45, 7) is 0. The third-order valence-corrected chi connectivity index (χ3v) is 11.7. The van der Waals surface area contributed by atoms with Crippen molar-refractivity contribution in [3.05, 3.63) is 204 Å². The average molecular weight is 675 g/mol. The molecule has 53 heavy (non-hydrogen) atoms. The molecule has 0 unspecified atom stereocenters. The van der Waals surface area contributed by atoms with Gasteiger partial charge in [-0.2, -0.15) is 0 Å². The minimum atomic E-state index is -0.384. The van der Waals surface area contributed by atoms with Gasteiger partial charge in [-0.05, 0) is 110 Å². The fourth-order valence-corrected chi connectivity index (χ4v) is 9.45. The summed E-state index contributed by atoms with van der Waals surface area (Å²) in [5.74, 6) is 0.639. The van der Waals surface area contributed by atoms with Gasteiger partial charge in [-0.1, -0.05) is 127 Å². The van der Waals surface area contributed by atoms with Gasteiger partial charge < -0.3 is 8.98 Å². The SMILES string of the molecule is c1ccc2c(c1)-c1ccccc1C21c2ccccc2-c2ccc(-n3c4ccccc4c4cc(-c5ccc(-c6nc7ccccc7o6)cc5)ccc43)cc21. The lowest BCUT2D eigenvalue weighted by Crippen LogP contribution is -2.26. The Labute approximate surface area is 306 Å². The second kappa shape index (κ2) is 10.5. The van der Waals surface area contributed by atoms with Crippen LogP contribution in [-0.4, -0.2) is 9.55 Å². The van der Waals surface area contributed by atoms with Gasteiger partial charge in [-0.3, -0.25) is 0 Å². The molecule has 0 aliphatic heterocycles. The van der Waals surface area contributed by atoms with Crippen LogP contribution in [0.5, 0.6) is 0 Å². The maximum atomic E-state index is 6.05. The molecule has 2 aromatic heterocycles. The van der Waals surface area contributed by atoms with Crippen molar-refractivity contribution in [2.75, 3.05) is 0 Å². The van der Waals surface area contributed by atoms with Crippen molar-refractivity contribution in [2.24, 2.45) is 0 Å². The lowest BCUT2D eigenvalue weighted by atomic mass is 9.70. The minimum Gasteiger partial charge on any atom is -0.436 e. The summed E-state index contributed by atoms with van der Waals surface area (Å²) in [4.78, 5) is 4.70. The van der Waals surface area contributed by atoms with Crippen LogP contribution >= 0.6 is 0 Å². The molecule has 3 heteroatoms. The van der Waals surface area contributed by atoms with Crippen LogP contribution in [0.25, 0.3) is 83.4 Å². The van der Waals surface area contributed by atoms with E-state index in [2.05, 4.69) is 162 Å². The van der Waals surface area contributed by atoms with Gasteiger partial charge in [0, 0.05) is 22.0 Å². The molecule has 12 rings (SSSR count). The third-order valence-electron chi connectivity index (χ3n) is 11.7. The second-order valence-electron chi connectivity index (χ2n) is 14.3. The van der Waals surface area contributed by atoms with Crippen molar-refractivity contribution in [3.63, 3.8) is 0 Å². The first kappa shape index (κ1) is 28.7. The van der Waals surface area contributed by atoms with E-state index < -0.39 is 0 Å². The van der Waals surface area contributed by atoms with Gasteiger partial charge in [-0.25, -0.2) is 4.98 Å². The lowest BCUT2D eigenvalue weighted by Gasteiger charge is -2.30. The molecule has 0 saturated heterocycles. The Bertz CT molecular complexity index is 3030. The fraction of sp³-hybridized carbons (Fsp3) is 0.0200. The first-order chi connectivity index (χ1) is 26.3. The number of para-hydroxylation sites is 3. The van der Waals surface area contributed by atoms with Crippen LogP contribution < -0.4 is 0 Å². The average Bonchev–Trinajstić information content (AvgIpc) is 3.96. The van der Waals surface area contributed by atoms with Gasteiger partial charge in [0.05, 0.1) is 16.4 Å². The van der Waals surface area contributed by atoms with E-state index in [0.29, 0.717) is 5.89 Å². The van der Waals surface area contributed by atoms with Gasteiger partial charge in [0.1, 0.15) is 5.52 Å². The Morgan fingerprint density at radius 1 is 0.415 bits per heavy atom. The molecular weight excluding hydrogens is 645 g/mol. The summed E-state index contributed by atoms with van der Waals surface area (Å²) in [6, 6.07) is 66.3. The molecule has 1 spiro atoms. The maximum Gasteiger partial charge on any atom is 0.227 e. The summed E-state index contributed by atoms with van der Waals surface area (Å²) < 4.78 is 8.50. The van der Waals surface area contributed by atoms with E-state index in [1.807, 2.05) is 24.3 Å². The molecule has 246 valence electrons. The van der Waals surface area contributed by atoms with Gasteiger partial charge >= 0.3 is 0 Å². The van der Waals surface area contributed by atoms with Crippen LogP contribution in [0, 0.1) is 0 Å². The van der Waals surface area contributed by atoms with E-state index in [0.717, 1.165) is 22.2 Å². The highest BCUT2D eigenvalue weighted by Gasteiger charge is 2.51. The molecule has 10 aromatic rings. The smallest absolute Gasteiger partial charge is 0.227 e. The Morgan fingerprint density at radius 3 is 1.70 bits per heavy atom. The molecule has 0 N–H and O–H groups in total. The van der Waals surface area contributed by atoms with Gasteiger partial charge in [0.15, 0.2) is 5.58 Å². The molecule has 2 aliphatic carbocycles. The standard InChI is InChI=1S/C50H30N2O/c1-5-15-41-35(11-1)36-12-2-6-16-42(36)50(41)43-17-7-3-13-37(43)38-27-26-34(30-44(38)50)52-46-19-9-4-14-39(46)40-29-33(25-28-47(40)52)31-21-23-32(24-22-31)49-51-45-18-8-10-20-48(45)53-49/h1-30H. The Balaban J connectivity index is 1.03. The van der Waals surface area contributed by atoms with Crippen molar-refractivity contribution in [2.45, 2.75) is 5.41 Å². The summed E-state index contributed by atoms with van der Waals surface area (Å²) in [7, 11) is 0. The van der Waals surface area contributed by atoms with E-state index in [4.69, 9.17) is 9.40 Å². The molecule has 2 heterocycles. The molecule has 0 atom stereocenters. The fourth-order valence-electron chi connectivity index (χ4n) is 9.45. The van der Waals surface area contributed by atoms with Gasteiger partial charge in [0.25, 0.3) is 0 Å². The number of hydrogen-bond acceptors (Lipinski definition) is 2. The predicted molar refractivity (Wildman–Crippen MR) is 216 cm³/mol. The number of oxazole rings is 1. The normalized spacial score (nSPS) is 13.4. The topological polar surface area (TPSA) is 31.0 Å². The minimum absolute atomic E-state index is 0.384. The van der Waals surface area contributed by atoms with E-state index in [-0.39, 0.29) is 5.41 Å². The number of hydrogen-bond donors (Lipinski definition) is 0. The maximum absolute atomic E-state index is 6.05. The summed E-state index contributed by atoms with van der Waals surface area (Å²) in [5, 5.41) is 2.47. The van der Waals surface area contributed by atoms with E-state index in [9.17, 15) is 0 Å². The lowest BCUT2D eigenvalue weighted by molar-refractivity contribution is 0.620. The molecule has 0 saturated carbocycles. The van der Waals surface area contributed by atoms with Crippen molar-refractivity contribution in [1.29, 1.82) is 0 Å². The van der Waals surface area contributed by atoms with Crippen LogP contribution in [0.1, 0.15) is 22.3 Å². The number of fused-ring (bicyclic) bond motifs is 14. The largest absolute Gasteiger partial charge is 0.436 e. The van der Waals surface area contributed by atoms with Crippen molar-refractivity contribution in [3.8, 4) is 50.5 Å². The first-order valence-electron chi connectivity index (χ1n) is 18.2. The summed E-state index contributed by atoms with van der Waals surface area (Å²) in [5.41, 5.74) is 18.8. The van der Waals surface area contributed by atoms with Gasteiger partial charge in [0.2, 0.25) is 5.89 Å². The Kier molecular flexibility index (Phi) is 5.70. The van der Waals surface area contributed by atoms with E-state index in [1.165, 1.54) is 77.6 Å². The highest BCUT2D eigenvalue weighted by atomic mass is 16.3. The van der Waals surface area contributed by atoms with Crippen LogP contribution in [0.4, 0.5) is 0 Å². The molecule has 0 fully saturated rings. The molecule has 3 nitrogen and oxygen atoms in total. The summed E-state index contributed by atoms with van der Waals surface area (Å²) in [6.07, 6.45) is 0. The van der Waals surface area contributed by atoms with E-state index >= 15 is 0 Å². The molecule has 0 radical (unpaired) electrons. The number of nitrogens with zero attached hydrogens (tertiary/aromatic N) is 2. The van der Waals surface area contributed by atoms with Crippen molar-refractivity contribution < 1.29 is 4.42 Å². The molecule has 0 amide bonds. The predicted octanol–water partition coefficient (Wildman–Crippen LogP) is 12.6. The quantitative estimate of drug-likeness (QED) is 0.187. The van der Waals surface area contributed by atoms with Gasteiger partial charge in [-0.15, -0.1) is 0 Å². The molecule has 2 aliphatic rings. The van der Waals surface area contributed by atoms with E-state index in [1.54, 1.807) is 0 Å². The Morgan fingerprint density at radius 2 is 0.981 bits per heavy atom. The molecule has 8 aromatic carbocycles. The number of aromatic nitrogens is 2.